The first kappa shape index (κ1) is 26.7. The molecule has 2 atom stereocenters. The van der Waals surface area contributed by atoms with Crippen LogP contribution in [-0.4, -0.2) is 54.8 Å². The van der Waals surface area contributed by atoms with Gasteiger partial charge < -0.3 is 10.2 Å². The van der Waals surface area contributed by atoms with E-state index in [1.54, 1.807) is 15.8 Å². The molecule has 10 heteroatoms. The van der Waals surface area contributed by atoms with Crippen molar-refractivity contribution in [2.45, 2.75) is 46.7 Å². The van der Waals surface area contributed by atoms with Crippen LogP contribution in [0.2, 0.25) is 0 Å². The third-order valence-electron chi connectivity index (χ3n) is 7.01. The van der Waals surface area contributed by atoms with Gasteiger partial charge in [0.1, 0.15) is 28.7 Å². The van der Waals surface area contributed by atoms with Crippen molar-refractivity contribution in [2.75, 3.05) is 11.9 Å². The summed E-state index contributed by atoms with van der Waals surface area (Å²) in [5.41, 5.74) is 4.50. The molecule has 1 aromatic carbocycles. The summed E-state index contributed by atoms with van der Waals surface area (Å²) in [6, 6.07) is 12.6. The number of fused-ring (bicyclic) bond motifs is 1. The maximum Gasteiger partial charge on any atom is 0.248 e. The van der Waals surface area contributed by atoms with Crippen LogP contribution >= 0.6 is 15.9 Å². The molecular weight excluding hydrogens is 560 g/mol. The third kappa shape index (κ3) is 5.47. The molecule has 4 aromatic rings. The van der Waals surface area contributed by atoms with Gasteiger partial charge in [0.2, 0.25) is 11.8 Å². The molecule has 1 fully saturated rings. The number of hydrogen-bond donors (Lipinski definition) is 1. The highest BCUT2D eigenvalue weighted by Gasteiger charge is 2.38. The minimum absolute atomic E-state index is 0.0867. The van der Waals surface area contributed by atoms with E-state index in [-0.39, 0.29) is 30.1 Å². The number of Topliss-reactive ketones (excluding diaryl/α,β-unsaturated/α-hetero) is 1. The van der Waals surface area contributed by atoms with Gasteiger partial charge in [0.25, 0.3) is 0 Å². The summed E-state index contributed by atoms with van der Waals surface area (Å²) < 4.78 is 2.17. The topological polar surface area (TPSA) is 110 Å². The molecule has 200 valence electrons. The predicted molar refractivity (Wildman–Crippen MR) is 152 cm³/mol. The molecule has 4 heterocycles. The average molecular weight is 589 g/mol. The van der Waals surface area contributed by atoms with E-state index in [4.69, 9.17) is 0 Å². The Kier molecular flexibility index (Phi) is 7.31. The van der Waals surface area contributed by atoms with Gasteiger partial charge in [-0.15, -0.1) is 0 Å². The minimum Gasteiger partial charge on any atom is -0.329 e. The lowest BCUT2D eigenvalue weighted by Gasteiger charge is -2.24. The van der Waals surface area contributed by atoms with E-state index in [0.29, 0.717) is 40.0 Å². The first-order valence-corrected chi connectivity index (χ1v) is 13.6. The monoisotopic (exact) mass is 588 g/mol. The largest absolute Gasteiger partial charge is 0.329 e. The Hall–Kier alpha value is -3.92. The van der Waals surface area contributed by atoms with E-state index >= 15 is 0 Å². The van der Waals surface area contributed by atoms with Crippen molar-refractivity contribution in [1.29, 1.82) is 0 Å². The first-order valence-electron chi connectivity index (χ1n) is 12.8. The van der Waals surface area contributed by atoms with Crippen molar-refractivity contribution in [3.05, 3.63) is 70.1 Å². The summed E-state index contributed by atoms with van der Waals surface area (Å²) in [6.07, 6.45) is 2.35. The van der Waals surface area contributed by atoms with Crippen LogP contribution in [0.1, 0.15) is 41.9 Å². The Morgan fingerprint density at radius 2 is 1.90 bits per heavy atom. The molecule has 0 aliphatic carbocycles. The smallest absolute Gasteiger partial charge is 0.248 e. The summed E-state index contributed by atoms with van der Waals surface area (Å²) in [5, 5.41) is 8.06. The Morgan fingerprint density at radius 1 is 1.10 bits per heavy atom. The van der Waals surface area contributed by atoms with Crippen molar-refractivity contribution < 1.29 is 14.4 Å². The number of nitrogens with one attached hydrogen (secondary N) is 1. The number of amides is 2. The van der Waals surface area contributed by atoms with Gasteiger partial charge in [-0.25, -0.2) is 4.98 Å². The van der Waals surface area contributed by atoms with Crippen LogP contribution in [-0.2, 0) is 16.1 Å². The lowest BCUT2D eigenvalue weighted by Crippen LogP contribution is -2.44. The molecule has 39 heavy (non-hydrogen) atoms. The molecule has 5 rings (SSSR count). The maximum absolute atomic E-state index is 13.6. The van der Waals surface area contributed by atoms with E-state index in [0.717, 1.165) is 22.4 Å². The van der Waals surface area contributed by atoms with E-state index in [1.807, 2.05) is 63.2 Å². The van der Waals surface area contributed by atoms with Gasteiger partial charge in [-0.05, 0) is 77.5 Å². The third-order valence-corrected chi connectivity index (χ3v) is 7.46. The van der Waals surface area contributed by atoms with Gasteiger partial charge >= 0.3 is 0 Å². The van der Waals surface area contributed by atoms with Crippen LogP contribution in [0.4, 0.5) is 5.82 Å². The van der Waals surface area contributed by atoms with Crippen LogP contribution in [0.15, 0.2) is 53.3 Å². The Bertz CT molecular complexity index is 1600. The number of benzene rings is 1. The quantitative estimate of drug-likeness (QED) is 0.252. The van der Waals surface area contributed by atoms with E-state index in [1.165, 1.54) is 6.92 Å². The van der Waals surface area contributed by atoms with Gasteiger partial charge in [-0.2, -0.15) is 5.10 Å². The number of ketones is 1. The second kappa shape index (κ2) is 10.7. The Morgan fingerprint density at radius 3 is 2.62 bits per heavy atom. The number of halogens is 1. The van der Waals surface area contributed by atoms with Crippen LogP contribution in [0.5, 0.6) is 0 Å². The Labute approximate surface area is 234 Å². The van der Waals surface area contributed by atoms with Gasteiger partial charge in [0, 0.05) is 30.6 Å². The number of carbonyl (C=O) groups is 3. The summed E-state index contributed by atoms with van der Waals surface area (Å²) >= 11 is 3.34. The van der Waals surface area contributed by atoms with Crippen LogP contribution in [0.25, 0.3) is 22.2 Å². The normalized spacial score (nSPS) is 17.0. The molecule has 9 nitrogen and oxygen atoms in total. The Balaban J connectivity index is 1.41. The zero-order valence-electron chi connectivity index (χ0n) is 22.2. The molecule has 2 amide bonds. The van der Waals surface area contributed by atoms with Crippen LogP contribution in [0, 0.1) is 19.8 Å². The van der Waals surface area contributed by atoms with Gasteiger partial charge in [0.15, 0.2) is 5.78 Å². The highest BCUT2D eigenvalue weighted by molar-refractivity contribution is 9.10. The summed E-state index contributed by atoms with van der Waals surface area (Å²) in [7, 11) is 0. The van der Waals surface area contributed by atoms with Gasteiger partial charge in [-0.3, -0.25) is 24.0 Å². The lowest BCUT2D eigenvalue weighted by molar-refractivity contribution is -0.137. The second-order valence-corrected chi connectivity index (χ2v) is 11.0. The zero-order chi connectivity index (χ0) is 27.8. The summed E-state index contributed by atoms with van der Waals surface area (Å²) in [4.78, 5) is 49.7. The highest BCUT2D eigenvalue weighted by Crippen LogP contribution is 2.28. The number of rotatable bonds is 6. The van der Waals surface area contributed by atoms with Crippen LogP contribution in [0.3, 0.4) is 0 Å². The molecule has 0 saturated carbocycles. The molecule has 0 radical (unpaired) electrons. The molecule has 1 saturated heterocycles. The van der Waals surface area contributed by atoms with Crippen molar-refractivity contribution in [2.24, 2.45) is 5.92 Å². The van der Waals surface area contributed by atoms with Crippen molar-refractivity contribution >= 4 is 50.2 Å². The fourth-order valence-electron chi connectivity index (χ4n) is 4.98. The van der Waals surface area contributed by atoms with E-state index < -0.39 is 6.04 Å². The molecular formula is C29H29BrN6O3. The van der Waals surface area contributed by atoms with E-state index in [9.17, 15) is 14.4 Å². The van der Waals surface area contributed by atoms with Gasteiger partial charge in [-0.1, -0.05) is 25.1 Å². The molecule has 3 aromatic heterocycles. The fourth-order valence-corrected chi connectivity index (χ4v) is 5.29. The second-order valence-electron chi connectivity index (χ2n) is 10.2. The molecule has 0 bridgehead atoms. The molecule has 2 unspecified atom stereocenters. The highest BCUT2D eigenvalue weighted by atomic mass is 79.9. The molecule has 0 spiro atoms. The van der Waals surface area contributed by atoms with Gasteiger partial charge in [0.05, 0.1) is 11.2 Å². The van der Waals surface area contributed by atoms with Crippen LogP contribution < -0.4 is 5.32 Å². The summed E-state index contributed by atoms with van der Waals surface area (Å²) in [5.74, 6) is -0.0740. The average Bonchev–Trinajstić information content (AvgIpc) is 3.47. The number of hydrogen-bond acceptors (Lipinski definition) is 6. The van der Waals surface area contributed by atoms with Crippen molar-refractivity contribution in [3.8, 4) is 11.3 Å². The number of aryl methyl sites for hydroxylation is 2. The fraction of sp³-hybridized carbons (Fsp3) is 0.310. The van der Waals surface area contributed by atoms with E-state index in [2.05, 4.69) is 36.3 Å². The standard InChI is InChI=1S/C29H29BrN6O3/c1-16-5-8-22(31-13-16)20-7-9-23-21(12-20)27(19(4)37)34-36(23)15-26(38)35-14-17(2)11-24(35)29(39)33-28-18(3)6-10-25(30)32-28/h5-10,12-13,17,24H,11,14-15H2,1-4H3,(H,32,33,39). The van der Waals surface area contributed by atoms with Crippen molar-refractivity contribution in [3.63, 3.8) is 0 Å². The lowest BCUT2D eigenvalue weighted by atomic mass is 10.1. The molecule has 1 N–H and O–H groups in total. The number of aromatic nitrogens is 4. The first-order chi connectivity index (χ1) is 18.6. The number of nitrogens with zero attached hydrogens (tertiary/aromatic N) is 5. The predicted octanol–water partition coefficient (Wildman–Crippen LogP) is 4.95. The molecule has 1 aliphatic rings. The maximum atomic E-state index is 13.6. The number of pyridine rings is 2. The number of carbonyl (C=O) groups excluding carboxylic acids is 3. The summed E-state index contributed by atoms with van der Waals surface area (Å²) in [6.45, 7) is 7.70. The minimum atomic E-state index is -0.624. The number of anilines is 1. The zero-order valence-corrected chi connectivity index (χ0v) is 23.8. The molecule has 1 aliphatic heterocycles. The SMILES string of the molecule is CC(=O)c1nn(CC(=O)N2CC(C)CC2C(=O)Nc2nc(Br)ccc2C)c2ccc(-c3ccc(C)cn3)cc12. The number of likely N-dealkylation sites (tertiary alicyclic amines) is 1. The van der Waals surface area contributed by atoms with Crippen molar-refractivity contribution in [1.82, 2.24) is 24.6 Å².